The number of piperazine rings is 1. The van der Waals surface area contributed by atoms with Gasteiger partial charge in [0.2, 0.25) is 5.82 Å². The summed E-state index contributed by atoms with van der Waals surface area (Å²) in [6.45, 7) is 0.974. The van der Waals surface area contributed by atoms with Crippen molar-refractivity contribution in [1.29, 1.82) is 0 Å². The van der Waals surface area contributed by atoms with Crippen molar-refractivity contribution in [2.24, 2.45) is 0 Å². The largest absolute Gasteiger partial charge is 0.484 e. The standard InChI is InChI=1S/C18H16F4N4O4/c19-14-9-13(2-3-15(14)26(28)29)30-11-17(27)25-7-5-24(6-8-25)16-4-1-12(10-23-16)18(20,21)22/h1-4,9-10H,5-8,11H2. The number of ether oxygens (including phenoxy) is 1. The number of hydrogen-bond donors (Lipinski definition) is 0. The van der Waals surface area contributed by atoms with Crippen LogP contribution in [-0.4, -0.2) is 53.5 Å². The molecule has 160 valence electrons. The first-order chi connectivity index (χ1) is 14.1. The van der Waals surface area contributed by atoms with Crippen LogP contribution in [0.25, 0.3) is 0 Å². The zero-order valence-electron chi connectivity index (χ0n) is 15.4. The third-order valence-electron chi connectivity index (χ3n) is 4.51. The minimum absolute atomic E-state index is 0.0148. The van der Waals surface area contributed by atoms with Crippen molar-refractivity contribution in [3.63, 3.8) is 0 Å². The van der Waals surface area contributed by atoms with Crippen LogP contribution in [0.1, 0.15) is 5.56 Å². The van der Waals surface area contributed by atoms with E-state index in [0.29, 0.717) is 32.0 Å². The first-order valence-electron chi connectivity index (χ1n) is 8.78. The number of anilines is 1. The van der Waals surface area contributed by atoms with E-state index in [2.05, 4.69) is 4.98 Å². The molecule has 1 aliphatic heterocycles. The molecule has 1 fully saturated rings. The van der Waals surface area contributed by atoms with Crippen LogP contribution in [0.4, 0.5) is 29.1 Å². The molecule has 8 nitrogen and oxygen atoms in total. The maximum atomic E-state index is 13.6. The van der Waals surface area contributed by atoms with Crippen LogP contribution in [0.5, 0.6) is 5.75 Å². The van der Waals surface area contributed by atoms with Crippen molar-refractivity contribution < 1.29 is 32.0 Å². The number of halogens is 4. The lowest BCUT2D eigenvalue weighted by Crippen LogP contribution is -2.50. The van der Waals surface area contributed by atoms with Crippen LogP contribution in [0.2, 0.25) is 0 Å². The lowest BCUT2D eigenvalue weighted by atomic mass is 10.2. The van der Waals surface area contributed by atoms with Crippen LogP contribution in [0, 0.1) is 15.9 Å². The Hall–Kier alpha value is -3.44. The van der Waals surface area contributed by atoms with E-state index in [-0.39, 0.29) is 18.3 Å². The molecule has 30 heavy (non-hydrogen) atoms. The highest BCUT2D eigenvalue weighted by molar-refractivity contribution is 5.78. The average molecular weight is 428 g/mol. The predicted octanol–water partition coefficient (Wildman–Crippen LogP) is 2.88. The molecule has 0 saturated carbocycles. The van der Waals surface area contributed by atoms with Gasteiger partial charge in [-0.3, -0.25) is 14.9 Å². The second-order valence-electron chi connectivity index (χ2n) is 6.43. The van der Waals surface area contributed by atoms with Gasteiger partial charge in [0.1, 0.15) is 11.6 Å². The van der Waals surface area contributed by atoms with Crippen molar-refractivity contribution in [3.8, 4) is 5.75 Å². The Morgan fingerprint density at radius 1 is 1.17 bits per heavy atom. The Labute approximate surface area is 167 Å². The van der Waals surface area contributed by atoms with Crippen LogP contribution in [0.3, 0.4) is 0 Å². The smallest absolute Gasteiger partial charge is 0.417 e. The normalized spacial score (nSPS) is 14.5. The number of nitro benzene ring substituents is 1. The number of carbonyl (C=O) groups is 1. The van der Waals surface area contributed by atoms with E-state index in [1.54, 1.807) is 4.90 Å². The molecule has 1 saturated heterocycles. The number of pyridine rings is 1. The van der Waals surface area contributed by atoms with E-state index in [9.17, 15) is 32.5 Å². The number of alkyl halides is 3. The summed E-state index contributed by atoms with van der Waals surface area (Å²) in [6, 6.07) is 5.22. The molecule has 0 aliphatic carbocycles. The molecule has 1 aromatic carbocycles. The van der Waals surface area contributed by atoms with Gasteiger partial charge in [-0.15, -0.1) is 0 Å². The molecule has 0 unspecified atom stereocenters. The summed E-state index contributed by atoms with van der Waals surface area (Å²) in [5, 5.41) is 10.6. The molecule has 0 spiro atoms. The lowest BCUT2D eigenvalue weighted by Gasteiger charge is -2.35. The van der Waals surface area contributed by atoms with E-state index < -0.39 is 28.2 Å². The van der Waals surface area contributed by atoms with Crippen molar-refractivity contribution >= 4 is 17.4 Å². The third kappa shape index (κ3) is 4.93. The summed E-state index contributed by atoms with van der Waals surface area (Å²) in [7, 11) is 0. The monoisotopic (exact) mass is 428 g/mol. The highest BCUT2D eigenvalue weighted by Crippen LogP contribution is 2.29. The fourth-order valence-electron chi connectivity index (χ4n) is 2.89. The van der Waals surface area contributed by atoms with Gasteiger partial charge in [-0.2, -0.15) is 17.6 Å². The summed E-state index contributed by atoms with van der Waals surface area (Å²) in [5.41, 5.74) is -1.53. The topological polar surface area (TPSA) is 88.8 Å². The van der Waals surface area contributed by atoms with Gasteiger partial charge in [-0.05, 0) is 18.2 Å². The number of rotatable bonds is 5. The lowest BCUT2D eigenvalue weighted by molar-refractivity contribution is -0.387. The summed E-state index contributed by atoms with van der Waals surface area (Å²) >= 11 is 0. The molecule has 1 aliphatic rings. The highest BCUT2D eigenvalue weighted by Gasteiger charge is 2.31. The van der Waals surface area contributed by atoms with Crippen molar-refractivity contribution in [3.05, 3.63) is 58.0 Å². The van der Waals surface area contributed by atoms with E-state index in [4.69, 9.17) is 4.74 Å². The van der Waals surface area contributed by atoms with E-state index in [1.165, 1.54) is 17.0 Å². The van der Waals surface area contributed by atoms with E-state index >= 15 is 0 Å². The third-order valence-corrected chi connectivity index (χ3v) is 4.51. The molecular weight excluding hydrogens is 412 g/mol. The maximum Gasteiger partial charge on any atom is 0.417 e. The minimum atomic E-state index is -4.46. The highest BCUT2D eigenvalue weighted by atomic mass is 19.4. The SMILES string of the molecule is O=C(COc1ccc([N+](=O)[O-])c(F)c1)N1CCN(c2ccc(C(F)(F)F)cn2)CC1. The van der Waals surface area contributed by atoms with Gasteiger partial charge in [0, 0.05) is 44.5 Å². The number of aromatic nitrogens is 1. The Morgan fingerprint density at radius 3 is 2.40 bits per heavy atom. The van der Waals surface area contributed by atoms with Gasteiger partial charge >= 0.3 is 11.9 Å². The molecule has 2 aromatic rings. The average Bonchev–Trinajstić information content (AvgIpc) is 2.71. The predicted molar refractivity (Wildman–Crippen MR) is 96.6 cm³/mol. The van der Waals surface area contributed by atoms with Crippen molar-refractivity contribution in [2.45, 2.75) is 6.18 Å². The van der Waals surface area contributed by atoms with Crippen molar-refractivity contribution in [2.75, 3.05) is 37.7 Å². The first-order valence-corrected chi connectivity index (χ1v) is 8.78. The van der Waals surface area contributed by atoms with E-state index in [1.807, 2.05) is 0 Å². The summed E-state index contributed by atoms with van der Waals surface area (Å²) < 4.78 is 56.6. The van der Waals surface area contributed by atoms with Crippen LogP contribution in [-0.2, 0) is 11.0 Å². The van der Waals surface area contributed by atoms with Gasteiger partial charge in [-0.25, -0.2) is 4.98 Å². The molecule has 1 amide bonds. The number of amides is 1. The zero-order chi connectivity index (χ0) is 21.9. The number of hydrogen-bond acceptors (Lipinski definition) is 6. The molecule has 0 atom stereocenters. The number of benzene rings is 1. The molecule has 1 aromatic heterocycles. The Balaban J connectivity index is 1.50. The minimum Gasteiger partial charge on any atom is -0.484 e. The summed E-state index contributed by atoms with van der Waals surface area (Å²) in [5.74, 6) is -1.07. The molecule has 3 rings (SSSR count). The molecule has 2 heterocycles. The van der Waals surface area contributed by atoms with Gasteiger partial charge in [0.25, 0.3) is 5.91 Å². The quantitative estimate of drug-likeness (QED) is 0.413. The zero-order valence-corrected chi connectivity index (χ0v) is 15.4. The van der Waals surface area contributed by atoms with Gasteiger partial charge in [0.05, 0.1) is 10.5 Å². The van der Waals surface area contributed by atoms with Gasteiger partial charge < -0.3 is 14.5 Å². The maximum absolute atomic E-state index is 13.6. The molecule has 0 radical (unpaired) electrons. The van der Waals surface area contributed by atoms with Crippen LogP contribution < -0.4 is 9.64 Å². The Bertz CT molecular complexity index is 929. The Morgan fingerprint density at radius 2 is 1.87 bits per heavy atom. The first kappa shape index (κ1) is 21.3. The fourth-order valence-corrected chi connectivity index (χ4v) is 2.89. The van der Waals surface area contributed by atoms with Crippen LogP contribution >= 0.6 is 0 Å². The van der Waals surface area contributed by atoms with Gasteiger partial charge in [0.15, 0.2) is 6.61 Å². The van der Waals surface area contributed by atoms with Crippen molar-refractivity contribution in [1.82, 2.24) is 9.88 Å². The number of nitrogens with zero attached hydrogens (tertiary/aromatic N) is 4. The fraction of sp³-hybridized carbons (Fsp3) is 0.333. The van der Waals surface area contributed by atoms with E-state index in [0.717, 1.165) is 24.4 Å². The van der Waals surface area contributed by atoms with Crippen LogP contribution in [0.15, 0.2) is 36.5 Å². The Kier molecular flexibility index (Phi) is 6.04. The second kappa shape index (κ2) is 8.51. The summed E-state index contributed by atoms with van der Waals surface area (Å²) in [4.78, 5) is 29.1. The molecule has 0 bridgehead atoms. The molecule has 12 heteroatoms. The van der Waals surface area contributed by atoms with Gasteiger partial charge in [-0.1, -0.05) is 0 Å². The molecule has 0 N–H and O–H groups in total. The second-order valence-corrected chi connectivity index (χ2v) is 6.43. The number of nitro groups is 1. The molecular formula is C18H16F4N4O4. The number of carbonyl (C=O) groups excluding carboxylic acids is 1. The summed E-state index contributed by atoms with van der Waals surface area (Å²) in [6.07, 6.45) is -3.69.